The number of nitriles is 1. The molecular weight excluding hydrogens is 433 g/mol. The van der Waals surface area contributed by atoms with Gasteiger partial charge in [0, 0.05) is 23.1 Å². The summed E-state index contributed by atoms with van der Waals surface area (Å²) < 4.78 is 27.0. The zero-order valence-corrected chi connectivity index (χ0v) is 19.0. The summed E-state index contributed by atoms with van der Waals surface area (Å²) in [7, 11) is 0. The van der Waals surface area contributed by atoms with Crippen LogP contribution in [0.2, 0.25) is 0 Å². The van der Waals surface area contributed by atoms with Gasteiger partial charge in [0.2, 0.25) is 0 Å². The van der Waals surface area contributed by atoms with Gasteiger partial charge in [-0.1, -0.05) is 12.1 Å². The molecule has 0 radical (unpaired) electrons. The van der Waals surface area contributed by atoms with E-state index < -0.39 is 12.1 Å². The highest BCUT2D eigenvalue weighted by molar-refractivity contribution is 5.76. The summed E-state index contributed by atoms with van der Waals surface area (Å²) in [6.07, 6.45) is 0.930. The Morgan fingerprint density at radius 3 is 2.68 bits per heavy atom. The number of carbonyl (C=O) groups is 1. The van der Waals surface area contributed by atoms with Gasteiger partial charge >= 0.3 is 5.97 Å². The lowest BCUT2D eigenvalue weighted by Crippen LogP contribution is -2.07. The van der Waals surface area contributed by atoms with Gasteiger partial charge in [0.05, 0.1) is 24.7 Å². The van der Waals surface area contributed by atoms with Gasteiger partial charge in [-0.05, 0) is 78.8 Å². The molecule has 0 bridgehead atoms. The molecule has 6 heteroatoms. The average molecular weight is 458 g/mol. The van der Waals surface area contributed by atoms with E-state index in [1.807, 2.05) is 38.1 Å². The van der Waals surface area contributed by atoms with Crippen LogP contribution in [-0.2, 0) is 11.2 Å². The number of ether oxygens (including phenoxy) is 2. The number of hydrogen-bond donors (Lipinski definition) is 1. The van der Waals surface area contributed by atoms with Gasteiger partial charge < -0.3 is 14.6 Å². The number of hydrogen-bond acceptors (Lipinski definition) is 4. The summed E-state index contributed by atoms with van der Waals surface area (Å²) in [5.74, 6) is -0.122. The van der Waals surface area contributed by atoms with Crippen molar-refractivity contribution in [2.24, 2.45) is 0 Å². The molecule has 0 saturated carbocycles. The molecule has 2 atom stereocenters. The molecule has 1 heterocycles. The molecule has 1 aliphatic heterocycles. The molecule has 3 aromatic rings. The summed E-state index contributed by atoms with van der Waals surface area (Å²) >= 11 is 0. The van der Waals surface area contributed by atoms with Gasteiger partial charge in [-0.15, -0.1) is 0 Å². The number of halogens is 1. The first kappa shape index (κ1) is 22.0. The number of carboxylic acids is 1. The van der Waals surface area contributed by atoms with Crippen LogP contribution in [-0.4, -0.2) is 17.7 Å². The molecule has 0 fully saturated rings. The van der Waals surface area contributed by atoms with E-state index in [4.69, 9.17) is 14.6 Å². The fourth-order valence-corrected chi connectivity index (χ4v) is 5.35. The predicted octanol–water partition coefficient (Wildman–Crippen LogP) is 6.00. The zero-order chi connectivity index (χ0) is 24.0. The normalized spacial score (nSPS) is 18.1. The molecule has 5 rings (SSSR count). The maximum atomic E-state index is 15.0. The SMILES string of the molecule is Cc1cc(C#N)cc(C)c1-c1ccc(F)c2c1CC[C@H]2Oc1ccc2c(c1)OCC2CC(=O)O. The van der Waals surface area contributed by atoms with E-state index in [0.717, 1.165) is 33.4 Å². The predicted molar refractivity (Wildman–Crippen MR) is 125 cm³/mol. The lowest BCUT2D eigenvalue weighted by Gasteiger charge is -2.18. The minimum atomic E-state index is -0.858. The van der Waals surface area contributed by atoms with E-state index in [-0.39, 0.29) is 18.2 Å². The first-order chi connectivity index (χ1) is 16.4. The van der Waals surface area contributed by atoms with Gasteiger partial charge in [0.1, 0.15) is 23.4 Å². The van der Waals surface area contributed by atoms with Crippen molar-refractivity contribution in [1.82, 2.24) is 0 Å². The maximum absolute atomic E-state index is 15.0. The van der Waals surface area contributed by atoms with Gasteiger partial charge in [0.25, 0.3) is 0 Å². The smallest absolute Gasteiger partial charge is 0.304 e. The number of aryl methyl sites for hydroxylation is 2. The highest BCUT2D eigenvalue weighted by Crippen LogP contribution is 2.45. The summed E-state index contributed by atoms with van der Waals surface area (Å²) in [6, 6.07) is 14.7. The Bertz CT molecular complexity index is 1330. The molecule has 1 N–H and O–H groups in total. The van der Waals surface area contributed by atoms with Crippen LogP contribution >= 0.6 is 0 Å². The van der Waals surface area contributed by atoms with Crippen molar-refractivity contribution in [3.8, 4) is 28.7 Å². The lowest BCUT2D eigenvalue weighted by molar-refractivity contribution is -0.137. The Kier molecular flexibility index (Phi) is 5.49. The van der Waals surface area contributed by atoms with E-state index in [9.17, 15) is 10.1 Å². The van der Waals surface area contributed by atoms with Crippen LogP contribution in [0.15, 0.2) is 42.5 Å². The topological polar surface area (TPSA) is 79.5 Å². The van der Waals surface area contributed by atoms with E-state index in [2.05, 4.69) is 6.07 Å². The minimum Gasteiger partial charge on any atom is -0.492 e. The van der Waals surface area contributed by atoms with Crippen LogP contribution in [0.3, 0.4) is 0 Å². The standard InChI is InChI=1S/C28H24FNO4/c1-15-9-17(13-30)10-16(2)27(15)21-5-7-23(29)28-22(21)6-8-24(28)34-19-3-4-20-18(11-26(31)32)14-33-25(20)12-19/h3-5,7,9-10,12,18,24H,6,8,11,14H2,1-2H3,(H,31,32)/t18?,24-/m1/s1. The van der Waals surface area contributed by atoms with E-state index >= 15 is 4.39 Å². The zero-order valence-electron chi connectivity index (χ0n) is 19.0. The van der Waals surface area contributed by atoms with Crippen LogP contribution in [0.25, 0.3) is 11.1 Å². The maximum Gasteiger partial charge on any atom is 0.304 e. The monoisotopic (exact) mass is 457 g/mol. The quantitative estimate of drug-likeness (QED) is 0.508. The number of fused-ring (bicyclic) bond motifs is 2. The van der Waals surface area contributed by atoms with Crippen molar-refractivity contribution < 1.29 is 23.8 Å². The number of rotatable bonds is 5. The Morgan fingerprint density at radius 2 is 1.97 bits per heavy atom. The minimum absolute atomic E-state index is 0.0192. The summed E-state index contributed by atoms with van der Waals surface area (Å²) in [6.45, 7) is 4.28. The van der Waals surface area contributed by atoms with Crippen molar-refractivity contribution in [2.75, 3.05) is 6.61 Å². The molecule has 5 nitrogen and oxygen atoms in total. The van der Waals surface area contributed by atoms with Crippen LogP contribution < -0.4 is 9.47 Å². The van der Waals surface area contributed by atoms with Gasteiger partial charge in [-0.2, -0.15) is 5.26 Å². The fourth-order valence-electron chi connectivity index (χ4n) is 5.35. The molecule has 2 aliphatic rings. The first-order valence-electron chi connectivity index (χ1n) is 11.3. The number of carboxylic acid groups (broad SMARTS) is 1. The lowest BCUT2D eigenvalue weighted by atomic mass is 9.89. The highest BCUT2D eigenvalue weighted by atomic mass is 19.1. The second-order valence-corrected chi connectivity index (χ2v) is 9.03. The van der Waals surface area contributed by atoms with E-state index in [1.54, 1.807) is 12.1 Å². The molecule has 34 heavy (non-hydrogen) atoms. The second kappa shape index (κ2) is 8.49. The van der Waals surface area contributed by atoms with Crippen LogP contribution in [0.1, 0.15) is 58.2 Å². The second-order valence-electron chi connectivity index (χ2n) is 9.03. The molecule has 0 spiro atoms. The highest BCUT2D eigenvalue weighted by Gasteiger charge is 2.32. The molecule has 0 amide bonds. The summed E-state index contributed by atoms with van der Waals surface area (Å²) in [5.41, 5.74) is 6.99. The van der Waals surface area contributed by atoms with Gasteiger partial charge in [-0.3, -0.25) is 4.79 Å². The van der Waals surface area contributed by atoms with Crippen LogP contribution in [0, 0.1) is 31.0 Å². The molecular formula is C28H24FNO4. The van der Waals surface area contributed by atoms with Gasteiger partial charge in [0.15, 0.2) is 0 Å². The van der Waals surface area contributed by atoms with Crippen LogP contribution in [0.5, 0.6) is 11.5 Å². The third-order valence-electron chi connectivity index (χ3n) is 6.78. The summed E-state index contributed by atoms with van der Waals surface area (Å²) in [4.78, 5) is 11.1. The number of aliphatic carboxylic acids is 1. The Hall–Kier alpha value is -3.85. The van der Waals surface area contributed by atoms with E-state index in [0.29, 0.717) is 42.1 Å². The van der Waals surface area contributed by atoms with Crippen molar-refractivity contribution in [3.63, 3.8) is 0 Å². The molecule has 1 aliphatic carbocycles. The number of nitrogens with zero attached hydrogens (tertiary/aromatic N) is 1. The van der Waals surface area contributed by atoms with Crippen LogP contribution in [0.4, 0.5) is 4.39 Å². The van der Waals surface area contributed by atoms with Crippen molar-refractivity contribution >= 4 is 5.97 Å². The molecule has 0 saturated heterocycles. The fraction of sp³-hybridized carbons (Fsp3) is 0.286. The first-order valence-corrected chi connectivity index (χ1v) is 11.3. The Labute approximate surface area is 197 Å². The Balaban J connectivity index is 1.46. The number of benzene rings is 3. The molecule has 3 aromatic carbocycles. The molecule has 1 unspecified atom stereocenters. The molecule has 172 valence electrons. The summed E-state index contributed by atoms with van der Waals surface area (Å²) in [5, 5.41) is 18.4. The van der Waals surface area contributed by atoms with Crippen molar-refractivity contribution in [3.05, 3.63) is 81.7 Å². The Morgan fingerprint density at radius 1 is 1.21 bits per heavy atom. The molecule has 0 aromatic heterocycles. The van der Waals surface area contributed by atoms with Gasteiger partial charge in [-0.25, -0.2) is 4.39 Å². The van der Waals surface area contributed by atoms with Crippen molar-refractivity contribution in [2.45, 2.75) is 45.1 Å². The average Bonchev–Trinajstić information content (AvgIpc) is 3.39. The third kappa shape index (κ3) is 3.77. The van der Waals surface area contributed by atoms with Crippen molar-refractivity contribution in [1.29, 1.82) is 5.26 Å². The largest absolute Gasteiger partial charge is 0.492 e. The third-order valence-corrected chi connectivity index (χ3v) is 6.78. The van der Waals surface area contributed by atoms with E-state index in [1.165, 1.54) is 6.07 Å².